The minimum absolute atomic E-state index is 0.00721. The van der Waals surface area contributed by atoms with E-state index in [9.17, 15) is 18.0 Å². The largest absolute Gasteiger partial charge is 0.495 e. The lowest BCUT2D eigenvalue weighted by atomic mass is 9.95. The fraction of sp³-hybridized carbons (Fsp3) is 0.355. The molecule has 2 amide bonds. The highest BCUT2D eigenvalue weighted by molar-refractivity contribution is 7.89. The summed E-state index contributed by atoms with van der Waals surface area (Å²) in [5, 5.41) is 3.05. The molecule has 0 bridgehead atoms. The maximum atomic E-state index is 14.0. The molecule has 2 aliphatic rings. The molecule has 1 atom stereocenters. The Balaban J connectivity index is 1.40. The van der Waals surface area contributed by atoms with Gasteiger partial charge in [-0.3, -0.25) is 9.59 Å². The Kier molecular flexibility index (Phi) is 9.35. The van der Waals surface area contributed by atoms with Crippen LogP contribution in [0.2, 0.25) is 5.02 Å². The first-order chi connectivity index (χ1) is 20.3. The van der Waals surface area contributed by atoms with Gasteiger partial charge in [-0.05, 0) is 48.7 Å². The van der Waals surface area contributed by atoms with Crippen molar-refractivity contribution < 1.29 is 27.5 Å². The predicted octanol–water partition coefficient (Wildman–Crippen LogP) is 4.78. The normalized spacial score (nSPS) is 17.3. The first kappa shape index (κ1) is 29.9. The van der Waals surface area contributed by atoms with E-state index in [4.69, 9.17) is 21.1 Å². The summed E-state index contributed by atoms with van der Waals surface area (Å²) in [4.78, 5) is 28.6. The highest BCUT2D eigenvalue weighted by Gasteiger charge is 2.39. The van der Waals surface area contributed by atoms with Crippen LogP contribution in [0.5, 0.6) is 11.5 Å². The highest BCUT2D eigenvalue weighted by Crippen LogP contribution is 2.35. The molecule has 0 radical (unpaired) electrons. The number of hydrogen-bond donors (Lipinski definition) is 1. The van der Waals surface area contributed by atoms with Crippen molar-refractivity contribution in [1.82, 2.24) is 9.62 Å². The Morgan fingerprint density at radius 2 is 1.74 bits per heavy atom. The molecule has 3 aromatic rings. The van der Waals surface area contributed by atoms with Crippen molar-refractivity contribution in [3.05, 3.63) is 83.4 Å². The van der Waals surface area contributed by atoms with Gasteiger partial charge in [-0.1, -0.05) is 73.3 Å². The van der Waals surface area contributed by atoms with Crippen LogP contribution in [0.4, 0.5) is 5.69 Å². The molecule has 0 spiro atoms. The number of para-hydroxylation sites is 2. The average molecular weight is 612 g/mol. The van der Waals surface area contributed by atoms with Crippen molar-refractivity contribution in [3.8, 4) is 11.5 Å². The third-order valence-electron chi connectivity index (χ3n) is 7.68. The van der Waals surface area contributed by atoms with E-state index >= 15 is 0 Å². The van der Waals surface area contributed by atoms with Gasteiger partial charge in [-0.25, -0.2) is 8.42 Å². The number of carbonyl (C=O) groups is 2. The van der Waals surface area contributed by atoms with Crippen molar-refractivity contribution in [1.29, 1.82) is 0 Å². The summed E-state index contributed by atoms with van der Waals surface area (Å²) < 4.78 is 40.5. The summed E-state index contributed by atoms with van der Waals surface area (Å²) in [6.07, 6.45) is 3.11. The van der Waals surface area contributed by atoms with Crippen LogP contribution in [0.25, 0.3) is 0 Å². The maximum Gasteiger partial charge on any atom is 0.263 e. The van der Waals surface area contributed by atoms with Gasteiger partial charge in [0, 0.05) is 12.6 Å². The number of nitrogens with one attached hydrogen (secondary N) is 1. The van der Waals surface area contributed by atoms with E-state index in [1.807, 2.05) is 30.3 Å². The molecule has 1 N–H and O–H groups in total. The number of ether oxygens (including phenoxy) is 2. The smallest absolute Gasteiger partial charge is 0.263 e. The van der Waals surface area contributed by atoms with Gasteiger partial charge in [0.2, 0.25) is 15.9 Å². The molecular weight excluding hydrogens is 578 g/mol. The lowest BCUT2D eigenvalue weighted by Gasteiger charge is -2.37. The number of fused-ring (bicyclic) bond motifs is 1. The second-order valence-corrected chi connectivity index (χ2v) is 12.7. The fourth-order valence-corrected chi connectivity index (χ4v) is 7.43. The molecule has 3 aromatic carbocycles. The van der Waals surface area contributed by atoms with Gasteiger partial charge >= 0.3 is 0 Å². The van der Waals surface area contributed by atoms with Gasteiger partial charge in [0.25, 0.3) is 5.91 Å². The standard InChI is InChI=1S/C31H34ClN3O6S/c1-40-27-17-16-24(18-25(27)32)42(38,39)35(23-12-6-3-7-13-23)21-30(36)34-20-29(41-28-15-9-8-14-26(28)34)31(37)33-19-22-10-4-2-5-11-22/h2,4-5,8-11,14-18,23,29H,3,6-7,12-13,19-21H2,1H3,(H,33,37)/t29-/m0/s1. The van der Waals surface area contributed by atoms with Gasteiger partial charge < -0.3 is 19.7 Å². The van der Waals surface area contributed by atoms with E-state index in [0.717, 1.165) is 24.8 Å². The number of amides is 2. The van der Waals surface area contributed by atoms with E-state index < -0.39 is 22.0 Å². The van der Waals surface area contributed by atoms with Crippen molar-refractivity contribution in [2.24, 2.45) is 0 Å². The molecule has 1 fully saturated rings. The SMILES string of the molecule is COc1ccc(S(=O)(=O)N(CC(=O)N2C[C@@H](C(=O)NCc3ccccc3)Oc3ccccc32)C2CCCCC2)cc1Cl. The summed E-state index contributed by atoms with van der Waals surface area (Å²) in [7, 11) is -2.64. The van der Waals surface area contributed by atoms with Crippen molar-refractivity contribution >= 4 is 39.1 Å². The molecule has 1 heterocycles. The van der Waals surface area contributed by atoms with E-state index in [-0.39, 0.29) is 35.0 Å². The van der Waals surface area contributed by atoms with E-state index in [1.165, 1.54) is 34.5 Å². The number of sulfonamides is 1. The van der Waals surface area contributed by atoms with Crippen LogP contribution in [0, 0.1) is 0 Å². The highest BCUT2D eigenvalue weighted by atomic mass is 35.5. The second kappa shape index (κ2) is 13.1. The van der Waals surface area contributed by atoms with Crippen LogP contribution in [0.15, 0.2) is 77.7 Å². The zero-order valence-electron chi connectivity index (χ0n) is 23.4. The predicted molar refractivity (Wildman–Crippen MR) is 160 cm³/mol. The third-order valence-corrected chi connectivity index (χ3v) is 9.87. The Morgan fingerprint density at radius 1 is 1.02 bits per heavy atom. The summed E-state index contributed by atoms with van der Waals surface area (Å²) in [6.45, 7) is -0.125. The average Bonchev–Trinajstić information content (AvgIpc) is 3.02. The molecule has 9 nitrogen and oxygen atoms in total. The molecule has 0 saturated heterocycles. The fourth-order valence-electron chi connectivity index (χ4n) is 5.45. The summed E-state index contributed by atoms with van der Waals surface area (Å²) in [6, 6.07) is 20.4. The topological polar surface area (TPSA) is 105 Å². The minimum atomic E-state index is -4.09. The molecule has 0 unspecified atom stereocenters. The molecule has 5 rings (SSSR count). The molecule has 0 aromatic heterocycles. The molecule has 1 aliphatic carbocycles. The number of benzene rings is 3. The number of hydrogen-bond acceptors (Lipinski definition) is 6. The van der Waals surface area contributed by atoms with Crippen LogP contribution < -0.4 is 19.7 Å². The Hall–Kier alpha value is -3.60. The van der Waals surface area contributed by atoms with Gasteiger partial charge in [0.15, 0.2) is 6.10 Å². The number of halogens is 1. The van der Waals surface area contributed by atoms with Crippen LogP contribution >= 0.6 is 11.6 Å². The van der Waals surface area contributed by atoms with Crippen LogP contribution in [-0.2, 0) is 26.2 Å². The summed E-state index contributed by atoms with van der Waals surface area (Å²) in [5.41, 5.74) is 1.42. The molecule has 1 saturated carbocycles. The molecule has 42 heavy (non-hydrogen) atoms. The Labute approximate surface area is 251 Å². The first-order valence-electron chi connectivity index (χ1n) is 14.0. The van der Waals surface area contributed by atoms with Gasteiger partial charge in [-0.15, -0.1) is 0 Å². The number of methoxy groups -OCH3 is 1. The number of rotatable bonds is 9. The van der Waals surface area contributed by atoms with Crippen LogP contribution in [-0.4, -0.2) is 56.9 Å². The Morgan fingerprint density at radius 3 is 2.45 bits per heavy atom. The number of carbonyl (C=O) groups excluding carboxylic acids is 2. The third kappa shape index (κ3) is 6.56. The molecular formula is C31H34ClN3O6S. The summed E-state index contributed by atoms with van der Waals surface area (Å²) in [5.74, 6) is -0.0699. The number of nitrogens with zero attached hydrogens (tertiary/aromatic N) is 2. The zero-order valence-corrected chi connectivity index (χ0v) is 24.9. The zero-order chi connectivity index (χ0) is 29.7. The van der Waals surface area contributed by atoms with Crippen LogP contribution in [0.1, 0.15) is 37.7 Å². The molecule has 1 aliphatic heterocycles. The number of anilines is 1. The van der Waals surface area contributed by atoms with E-state index in [0.29, 0.717) is 36.6 Å². The maximum absolute atomic E-state index is 14.0. The second-order valence-electron chi connectivity index (χ2n) is 10.4. The quantitative estimate of drug-likeness (QED) is 0.373. The monoisotopic (exact) mass is 611 g/mol. The molecule has 222 valence electrons. The minimum Gasteiger partial charge on any atom is -0.495 e. The Bertz CT molecular complexity index is 1530. The first-order valence-corrected chi connectivity index (χ1v) is 15.8. The van der Waals surface area contributed by atoms with Crippen molar-refractivity contribution in [2.75, 3.05) is 25.1 Å². The summed E-state index contributed by atoms with van der Waals surface area (Å²) >= 11 is 6.29. The lowest BCUT2D eigenvalue weighted by Crippen LogP contribution is -2.54. The van der Waals surface area contributed by atoms with Crippen LogP contribution in [0.3, 0.4) is 0 Å². The van der Waals surface area contributed by atoms with Crippen molar-refractivity contribution in [3.63, 3.8) is 0 Å². The van der Waals surface area contributed by atoms with Gasteiger partial charge in [0.1, 0.15) is 11.5 Å². The van der Waals surface area contributed by atoms with E-state index in [1.54, 1.807) is 24.3 Å². The van der Waals surface area contributed by atoms with E-state index in [2.05, 4.69) is 5.32 Å². The van der Waals surface area contributed by atoms with Crippen molar-refractivity contribution in [2.45, 2.75) is 55.7 Å². The van der Waals surface area contributed by atoms with Gasteiger partial charge in [-0.2, -0.15) is 4.31 Å². The molecule has 11 heteroatoms. The van der Waals surface area contributed by atoms with Gasteiger partial charge in [0.05, 0.1) is 35.8 Å². The lowest BCUT2D eigenvalue weighted by molar-refractivity contribution is -0.128.